The second kappa shape index (κ2) is 12.5. The van der Waals surface area contributed by atoms with Gasteiger partial charge in [-0.25, -0.2) is 0 Å². The van der Waals surface area contributed by atoms with Crippen LogP contribution in [-0.4, -0.2) is 0 Å². The molecule has 0 radical (unpaired) electrons. The minimum absolute atomic E-state index is 1.13. The van der Waals surface area contributed by atoms with Crippen molar-refractivity contribution in [1.82, 2.24) is 0 Å². The highest BCUT2D eigenvalue weighted by molar-refractivity contribution is 7.26. The van der Waals surface area contributed by atoms with Crippen LogP contribution in [0.25, 0.3) is 64.3 Å². The van der Waals surface area contributed by atoms with E-state index in [0.29, 0.717) is 0 Å². The van der Waals surface area contributed by atoms with E-state index >= 15 is 0 Å². The van der Waals surface area contributed by atoms with E-state index in [2.05, 4.69) is 195 Å². The molecule has 1 nitrogen and oxygen atoms in total. The molecule has 50 heavy (non-hydrogen) atoms. The summed E-state index contributed by atoms with van der Waals surface area (Å²) in [5.41, 5.74) is 13.2. The first kappa shape index (κ1) is 30.1. The number of benzene rings is 8. The maximum atomic E-state index is 2.39. The minimum Gasteiger partial charge on any atom is -0.310 e. The molecular formula is C48H35NS. The Hall–Kier alpha value is -5.96. The molecule has 0 amide bonds. The number of anilines is 3. The smallest absolute Gasteiger partial charge is 0.0468 e. The van der Waals surface area contributed by atoms with Crippen LogP contribution in [0.3, 0.4) is 0 Å². The van der Waals surface area contributed by atoms with Gasteiger partial charge in [-0.2, -0.15) is 0 Å². The predicted octanol–water partition coefficient (Wildman–Crippen LogP) is 14.3. The van der Waals surface area contributed by atoms with Gasteiger partial charge in [-0.1, -0.05) is 139 Å². The van der Waals surface area contributed by atoms with Gasteiger partial charge in [0.2, 0.25) is 0 Å². The highest BCUT2D eigenvalue weighted by atomic mass is 32.1. The normalized spacial score (nSPS) is 11.4. The van der Waals surface area contributed by atoms with E-state index in [-0.39, 0.29) is 0 Å². The van der Waals surface area contributed by atoms with E-state index in [4.69, 9.17) is 0 Å². The Labute approximate surface area is 297 Å². The van der Waals surface area contributed by atoms with E-state index in [9.17, 15) is 0 Å². The molecule has 0 saturated carbocycles. The van der Waals surface area contributed by atoms with Crippen molar-refractivity contribution >= 4 is 59.3 Å². The molecule has 0 N–H and O–H groups in total. The standard InChI is InChI=1S/C48H35NS/c1-32-14-24-39(25-15-32)49(40-26-16-33(2)17-27-40)41-28-29-42(36-21-18-35(19-22-36)38-23-20-34-8-3-4-9-37(34)30-38)46(31-41)45-12-7-11-44-43-10-5-6-13-47(43)50-48(44)45/h3-31H,1-2H3. The first-order valence-electron chi connectivity index (χ1n) is 17.2. The number of hydrogen-bond donors (Lipinski definition) is 0. The summed E-state index contributed by atoms with van der Waals surface area (Å²) in [4.78, 5) is 2.38. The molecule has 0 atom stereocenters. The first-order valence-corrected chi connectivity index (χ1v) is 18.0. The summed E-state index contributed by atoms with van der Waals surface area (Å²) in [5.74, 6) is 0. The highest BCUT2D eigenvalue weighted by Gasteiger charge is 2.19. The van der Waals surface area contributed by atoms with Crippen LogP contribution in [0.4, 0.5) is 17.1 Å². The number of nitrogens with zero attached hydrogens (tertiary/aromatic N) is 1. The van der Waals surface area contributed by atoms with Gasteiger partial charge in [-0.15, -0.1) is 11.3 Å². The fourth-order valence-corrected chi connectivity index (χ4v) is 8.38. The maximum Gasteiger partial charge on any atom is 0.0468 e. The molecule has 0 fully saturated rings. The van der Waals surface area contributed by atoms with Crippen LogP contribution < -0.4 is 4.90 Å². The SMILES string of the molecule is Cc1ccc(N(c2ccc(C)cc2)c2ccc(-c3ccc(-c4ccc5ccccc5c4)cc3)c(-c3cccc4c3sc3ccccc34)c2)cc1. The van der Waals surface area contributed by atoms with Crippen LogP contribution in [0, 0.1) is 13.8 Å². The third-order valence-electron chi connectivity index (χ3n) is 9.82. The highest BCUT2D eigenvalue weighted by Crippen LogP contribution is 2.46. The third kappa shape index (κ3) is 5.44. The van der Waals surface area contributed by atoms with E-state index in [0.717, 1.165) is 17.1 Å². The maximum absolute atomic E-state index is 2.39. The molecule has 0 saturated heterocycles. The summed E-state index contributed by atoms with van der Waals surface area (Å²) >= 11 is 1.88. The Kier molecular flexibility index (Phi) is 7.53. The summed E-state index contributed by atoms with van der Waals surface area (Å²) < 4.78 is 2.63. The van der Waals surface area contributed by atoms with Crippen molar-refractivity contribution in [3.8, 4) is 33.4 Å². The number of hydrogen-bond acceptors (Lipinski definition) is 2. The summed E-state index contributed by atoms with van der Waals surface area (Å²) in [5, 5.41) is 5.14. The van der Waals surface area contributed by atoms with Crippen molar-refractivity contribution in [2.75, 3.05) is 4.90 Å². The molecule has 9 rings (SSSR count). The largest absolute Gasteiger partial charge is 0.310 e. The lowest BCUT2D eigenvalue weighted by atomic mass is 9.91. The molecule has 1 aromatic heterocycles. The average molecular weight is 658 g/mol. The fraction of sp³-hybridized carbons (Fsp3) is 0.0417. The molecule has 238 valence electrons. The Balaban J connectivity index is 1.23. The van der Waals surface area contributed by atoms with Gasteiger partial charge in [0.15, 0.2) is 0 Å². The molecule has 0 aliphatic heterocycles. The molecular weight excluding hydrogens is 623 g/mol. The average Bonchev–Trinajstić information content (AvgIpc) is 3.55. The molecule has 0 aliphatic carbocycles. The molecule has 0 unspecified atom stereocenters. The lowest BCUT2D eigenvalue weighted by molar-refractivity contribution is 1.27. The Morgan fingerprint density at radius 2 is 0.980 bits per heavy atom. The molecule has 0 aliphatic rings. The Morgan fingerprint density at radius 1 is 0.380 bits per heavy atom. The van der Waals surface area contributed by atoms with Gasteiger partial charge in [0, 0.05) is 42.8 Å². The lowest BCUT2D eigenvalue weighted by Crippen LogP contribution is -2.10. The molecule has 9 aromatic rings. The monoisotopic (exact) mass is 657 g/mol. The molecule has 0 spiro atoms. The fourth-order valence-electron chi connectivity index (χ4n) is 7.15. The van der Waals surface area contributed by atoms with Gasteiger partial charge >= 0.3 is 0 Å². The number of rotatable bonds is 6. The van der Waals surface area contributed by atoms with Crippen LogP contribution in [0.5, 0.6) is 0 Å². The zero-order valence-corrected chi connectivity index (χ0v) is 28.9. The summed E-state index contributed by atoms with van der Waals surface area (Å²) in [7, 11) is 0. The second-order valence-electron chi connectivity index (χ2n) is 13.2. The second-order valence-corrected chi connectivity index (χ2v) is 14.2. The van der Waals surface area contributed by atoms with Crippen molar-refractivity contribution in [3.63, 3.8) is 0 Å². The zero-order valence-electron chi connectivity index (χ0n) is 28.1. The molecule has 2 heteroatoms. The van der Waals surface area contributed by atoms with Crippen molar-refractivity contribution in [3.05, 3.63) is 187 Å². The minimum atomic E-state index is 1.13. The van der Waals surface area contributed by atoms with Crippen molar-refractivity contribution in [2.45, 2.75) is 13.8 Å². The van der Waals surface area contributed by atoms with Crippen molar-refractivity contribution < 1.29 is 0 Å². The van der Waals surface area contributed by atoms with Crippen LogP contribution in [0.15, 0.2) is 176 Å². The van der Waals surface area contributed by atoms with E-state index in [1.807, 2.05) is 11.3 Å². The quantitative estimate of drug-likeness (QED) is 0.172. The summed E-state index contributed by atoms with van der Waals surface area (Å²) in [6, 6.07) is 64.6. The number of thiophene rings is 1. The van der Waals surface area contributed by atoms with Crippen LogP contribution in [0.1, 0.15) is 11.1 Å². The Morgan fingerprint density at radius 3 is 1.72 bits per heavy atom. The van der Waals surface area contributed by atoms with Gasteiger partial charge in [-0.05, 0) is 101 Å². The summed E-state index contributed by atoms with van der Waals surface area (Å²) in [6.45, 7) is 4.29. The lowest BCUT2D eigenvalue weighted by Gasteiger charge is -2.27. The van der Waals surface area contributed by atoms with E-state index in [1.165, 1.54) is 75.5 Å². The molecule has 0 bridgehead atoms. The van der Waals surface area contributed by atoms with Gasteiger partial charge in [0.25, 0.3) is 0 Å². The number of aryl methyl sites for hydroxylation is 2. The van der Waals surface area contributed by atoms with Crippen LogP contribution in [0.2, 0.25) is 0 Å². The van der Waals surface area contributed by atoms with Gasteiger partial charge in [0.1, 0.15) is 0 Å². The summed E-state index contributed by atoms with van der Waals surface area (Å²) in [6.07, 6.45) is 0. The zero-order chi connectivity index (χ0) is 33.6. The van der Waals surface area contributed by atoms with E-state index in [1.54, 1.807) is 0 Å². The Bertz CT molecular complexity index is 2600. The molecule has 1 heterocycles. The van der Waals surface area contributed by atoms with Crippen LogP contribution in [-0.2, 0) is 0 Å². The third-order valence-corrected chi connectivity index (χ3v) is 11.0. The van der Waals surface area contributed by atoms with Crippen LogP contribution >= 0.6 is 11.3 Å². The van der Waals surface area contributed by atoms with Gasteiger partial charge in [0.05, 0.1) is 0 Å². The number of fused-ring (bicyclic) bond motifs is 4. The first-order chi connectivity index (χ1) is 24.6. The van der Waals surface area contributed by atoms with Gasteiger partial charge < -0.3 is 4.90 Å². The predicted molar refractivity (Wildman–Crippen MR) is 217 cm³/mol. The van der Waals surface area contributed by atoms with Crippen molar-refractivity contribution in [2.24, 2.45) is 0 Å². The van der Waals surface area contributed by atoms with Crippen molar-refractivity contribution in [1.29, 1.82) is 0 Å². The van der Waals surface area contributed by atoms with E-state index < -0.39 is 0 Å². The van der Waals surface area contributed by atoms with Gasteiger partial charge in [-0.3, -0.25) is 0 Å². The topological polar surface area (TPSA) is 3.24 Å². The molecule has 8 aromatic carbocycles.